The number of carbonyl (C=O) groups is 2. The minimum atomic E-state index is -0.494. The van der Waals surface area contributed by atoms with Crippen LogP contribution in [0.2, 0.25) is 0 Å². The maximum absolute atomic E-state index is 12.0. The number of pyridine rings is 1. The first kappa shape index (κ1) is 17.7. The van der Waals surface area contributed by atoms with Crippen LogP contribution in [-0.4, -0.2) is 36.2 Å². The van der Waals surface area contributed by atoms with E-state index in [1.165, 1.54) is 18.3 Å². The van der Waals surface area contributed by atoms with E-state index in [1.807, 2.05) is 13.8 Å². The Hall–Kier alpha value is -2.31. The molecule has 22 heavy (non-hydrogen) atoms. The number of H-pyrrole nitrogens is 1. The average molecular weight is 309 g/mol. The van der Waals surface area contributed by atoms with Crippen LogP contribution >= 0.6 is 0 Å². The van der Waals surface area contributed by atoms with Gasteiger partial charge in [-0.2, -0.15) is 0 Å². The number of hydrogen-bond donors (Lipinski definition) is 3. The molecular weight excluding hydrogens is 286 g/mol. The number of hydrogen-bond acceptors (Lipinski definition) is 4. The number of ether oxygens (including phenoxy) is 1. The lowest BCUT2D eigenvalue weighted by atomic mass is 10.0. The molecular formula is C15H23N3O4. The summed E-state index contributed by atoms with van der Waals surface area (Å²) in [5.41, 5.74) is 0.0947. The molecule has 0 aliphatic rings. The standard InChI is InChI=1S/C15H23N3O4/c1-4-22-15(21)18-12(7-10(2)3)9-17-14(20)11-5-6-13(19)16-8-11/h5-6,8,10,12H,4,7,9H2,1-3H3,(H,16,19)(H,17,20)(H,18,21)/t12-/m1/s1. The largest absolute Gasteiger partial charge is 0.450 e. The van der Waals surface area contributed by atoms with E-state index in [9.17, 15) is 14.4 Å². The second-order valence-electron chi connectivity index (χ2n) is 5.34. The van der Waals surface area contributed by atoms with E-state index in [0.29, 0.717) is 24.5 Å². The van der Waals surface area contributed by atoms with Crippen LogP contribution in [0.25, 0.3) is 0 Å². The van der Waals surface area contributed by atoms with Crippen LogP contribution < -0.4 is 16.2 Å². The zero-order valence-corrected chi connectivity index (χ0v) is 13.1. The molecule has 0 aliphatic heterocycles. The second kappa shape index (κ2) is 8.86. The van der Waals surface area contributed by atoms with E-state index in [4.69, 9.17) is 4.74 Å². The summed E-state index contributed by atoms with van der Waals surface area (Å²) in [4.78, 5) is 36.9. The summed E-state index contributed by atoms with van der Waals surface area (Å²) in [5, 5.41) is 5.47. The van der Waals surface area contributed by atoms with Crippen molar-refractivity contribution in [2.45, 2.75) is 33.2 Å². The summed E-state index contributed by atoms with van der Waals surface area (Å²) in [6.07, 6.45) is 1.57. The molecule has 0 fully saturated rings. The topological polar surface area (TPSA) is 100 Å². The monoisotopic (exact) mass is 309 g/mol. The first-order chi connectivity index (χ1) is 10.4. The van der Waals surface area contributed by atoms with Crippen molar-refractivity contribution in [3.63, 3.8) is 0 Å². The van der Waals surface area contributed by atoms with Gasteiger partial charge < -0.3 is 20.4 Å². The van der Waals surface area contributed by atoms with Crippen molar-refractivity contribution in [1.29, 1.82) is 0 Å². The fraction of sp³-hybridized carbons (Fsp3) is 0.533. The summed E-state index contributed by atoms with van der Waals surface area (Å²) < 4.78 is 4.86. The molecule has 0 bridgehead atoms. The molecule has 0 unspecified atom stereocenters. The van der Waals surface area contributed by atoms with Gasteiger partial charge in [0.25, 0.3) is 5.91 Å². The van der Waals surface area contributed by atoms with E-state index in [-0.39, 0.29) is 24.1 Å². The smallest absolute Gasteiger partial charge is 0.407 e. The van der Waals surface area contributed by atoms with Crippen molar-refractivity contribution < 1.29 is 14.3 Å². The molecule has 122 valence electrons. The van der Waals surface area contributed by atoms with Gasteiger partial charge in [-0.3, -0.25) is 9.59 Å². The van der Waals surface area contributed by atoms with Gasteiger partial charge in [0.15, 0.2) is 0 Å². The predicted octanol–water partition coefficient (Wildman–Crippen LogP) is 1.27. The molecule has 0 radical (unpaired) electrons. The molecule has 7 heteroatoms. The third-order valence-electron chi connectivity index (χ3n) is 2.91. The molecule has 1 heterocycles. The maximum atomic E-state index is 12.0. The molecule has 1 aromatic rings. The van der Waals surface area contributed by atoms with Crippen LogP contribution in [0.4, 0.5) is 4.79 Å². The highest BCUT2D eigenvalue weighted by molar-refractivity contribution is 5.93. The molecule has 0 saturated carbocycles. The summed E-state index contributed by atoms with van der Waals surface area (Å²) in [7, 11) is 0. The van der Waals surface area contributed by atoms with Crippen LogP contribution in [0, 0.1) is 5.92 Å². The highest BCUT2D eigenvalue weighted by atomic mass is 16.5. The van der Waals surface area contributed by atoms with Crippen molar-refractivity contribution in [2.24, 2.45) is 5.92 Å². The van der Waals surface area contributed by atoms with Crippen molar-refractivity contribution in [1.82, 2.24) is 15.6 Å². The minimum absolute atomic E-state index is 0.217. The second-order valence-corrected chi connectivity index (χ2v) is 5.34. The maximum Gasteiger partial charge on any atom is 0.407 e. The van der Waals surface area contributed by atoms with Gasteiger partial charge in [-0.15, -0.1) is 0 Å². The number of aromatic nitrogens is 1. The summed E-state index contributed by atoms with van der Waals surface area (Å²) >= 11 is 0. The Morgan fingerprint density at radius 3 is 2.59 bits per heavy atom. The Labute approximate surface area is 129 Å². The summed E-state index contributed by atoms with van der Waals surface area (Å²) in [6, 6.07) is 2.52. The fourth-order valence-corrected chi connectivity index (χ4v) is 1.97. The molecule has 1 rings (SSSR count). The van der Waals surface area contributed by atoms with Gasteiger partial charge in [0.05, 0.1) is 12.2 Å². The van der Waals surface area contributed by atoms with Gasteiger partial charge in [0.1, 0.15) is 0 Å². The lowest BCUT2D eigenvalue weighted by Crippen LogP contribution is -2.44. The van der Waals surface area contributed by atoms with Gasteiger partial charge in [-0.25, -0.2) is 4.79 Å². The fourth-order valence-electron chi connectivity index (χ4n) is 1.97. The van der Waals surface area contributed by atoms with Crippen LogP contribution in [-0.2, 0) is 4.74 Å². The number of carbonyl (C=O) groups excluding carboxylic acids is 2. The lowest BCUT2D eigenvalue weighted by molar-refractivity contribution is 0.0944. The van der Waals surface area contributed by atoms with E-state index < -0.39 is 6.09 Å². The Morgan fingerprint density at radius 1 is 1.32 bits per heavy atom. The van der Waals surface area contributed by atoms with Gasteiger partial charge in [0, 0.05) is 24.8 Å². The molecule has 2 amide bonds. The van der Waals surface area contributed by atoms with Crippen molar-refractivity contribution >= 4 is 12.0 Å². The van der Waals surface area contributed by atoms with Crippen LogP contribution in [0.5, 0.6) is 0 Å². The quantitative estimate of drug-likeness (QED) is 0.706. The molecule has 0 saturated heterocycles. The van der Waals surface area contributed by atoms with Crippen molar-refractivity contribution in [2.75, 3.05) is 13.2 Å². The third-order valence-corrected chi connectivity index (χ3v) is 2.91. The van der Waals surface area contributed by atoms with E-state index >= 15 is 0 Å². The van der Waals surface area contributed by atoms with Crippen LogP contribution in [0.1, 0.15) is 37.6 Å². The number of nitrogens with one attached hydrogen (secondary N) is 3. The Balaban J connectivity index is 2.57. The lowest BCUT2D eigenvalue weighted by Gasteiger charge is -2.20. The normalized spacial score (nSPS) is 11.8. The van der Waals surface area contributed by atoms with Gasteiger partial charge in [-0.05, 0) is 25.3 Å². The first-order valence-electron chi connectivity index (χ1n) is 7.32. The number of amides is 2. The van der Waals surface area contributed by atoms with E-state index in [1.54, 1.807) is 6.92 Å². The minimum Gasteiger partial charge on any atom is -0.450 e. The third kappa shape index (κ3) is 6.43. The zero-order chi connectivity index (χ0) is 16.5. The first-order valence-corrected chi connectivity index (χ1v) is 7.32. The van der Waals surface area contributed by atoms with Crippen molar-refractivity contribution in [3.05, 3.63) is 34.2 Å². The van der Waals surface area contributed by atoms with E-state index in [0.717, 1.165) is 0 Å². The van der Waals surface area contributed by atoms with Crippen molar-refractivity contribution in [3.8, 4) is 0 Å². The van der Waals surface area contributed by atoms with Crippen LogP contribution in [0.3, 0.4) is 0 Å². The summed E-state index contributed by atoms with van der Waals surface area (Å²) in [5.74, 6) is 0.0487. The molecule has 0 spiro atoms. The SMILES string of the molecule is CCOC(=O)N[C@@H](CNC(=O)c1ccc(=O)[nH]c1)CC(C)C. The number of alkyl carbamates (subject to hydrolysis) is 1. The molecule has 1 atom stereocenters. The van der Waals surface area contributed by atoms with Crippen LogP contribution in [0.15, 0.2) is 23.1 Å². The summed E-state index contributed by atoms with van der Waals surface area (Å²) in [6.45, 7) is 6.38. The number of aromatic amines is 1. The predicted molar refractivity (Wildman–Crippen MR) is 82.8 cm³/mol. The number of rotatable bonds is 7. The Kier molecular flexibility index (Phi) is 7.15. The van der Waals surface area contributed by atoms with E-state index in [2.05, 4.69) is 15.6 Å². The molecule has 0 aliphatic carbocycles. The Bertz CT molecular complexity index is 533. The molecule has 3 N–H and O–H groups in total. The molecule has 0 aromatic carbocycles. The van der Waals surface area contributed by atoms with Gasteiger partial charge >= 0.3 is 6.09 Å². The highest BCUT2D eigenvalue weighted by Crippen LogP contribution is 2.05. The van der Waals surface area contributed by atoms with Gasteiger partial charge in [-0.1, -0.05) is 13.8 Å². The molecule has 7 nitrogen and oxygen atoms in total. The Morgan fingerprint density at radius 2 is 2.05 bits per heavy atom. The zero-order valence-electron chi connectivity index (χ0n) is 13.1. The average Bonchev–Trinajstić information content (AvgIpc) is 2.45. The molecule has 1 aromatic heterocycles. The highest BCUT2D eigenvalue weighted by Gasteiger charge is 2.16. The van der Waals surface area contributed by atoms with Gasteiger partial charge in [0.2, 0.25) is 5.56 Å².